The molecule has 3 radical (unpaired) electrons. The van der Waals surface area contributed by atoms with Crippen LogP contribution in [-0.2, 0) is 6.17 Å². The van der Waals surface area contributed by atoms with Gasteiger partial charge in [0.2, 0.25) is 4.77 Å². The highest BCUT2D eigenvalue weighted by molar-refractivity contribution is 7.71. The van der Waals surface area contributed by atoms with Crippen LogP contribution in [0.3, 0.4) is 0 Å². The molecule has 1 N–H and O–H groups in total. The summed E-state index contributed by atoms with van der Waals surface area (Å²) in [7, 11) is 3.26. The van der Waals surface area contributed by atoms with Gasteiger partial charge in [-0.2, -0.15) is 0 Å². The Hall–Kier alpha value is -0.423. The lowest BCUT2D eigenvalue weighted by Crippen LogP contribution is -1.98. The quantitative estimate of drug-likeness (QED) is 0.444. The maximum absolute atomic E-state index is 4.77. The topological polar surface area (TPSA) is 33.6 Å². The summed E-state index contributed by atoms with van der Waals surface area (Å²) in [5, 5.41) is 2.81. The van der Waals surface area contributed by atoms with Gasteiger partial charge >= 0.3 is 0 Å². The van der Waals surface area contributed by atoms with Crippen molar-refractivity contribution >= 4 is 22.5 Å². The normalized spacial score (nSPS) is 9.62. The summed E-state index contributed by atoms with van der Waals surface area (Å²) in [6.07, 6.45) is 2.22. The van der Waals surface area contributed by atoms with Gasteiger partial charge in [-0.15, -0.1) is 0 Å². The molecule has 0 spiro atoms. The van der Waals surface area contributed by atoms with E-state index in [1.165, 1.54) is 0 Å². The van der Waals surface area contributed by atoms with Gasteiger partial charge in [0.25, 0.3) is 0 Å². The van der Waals surface area contributed by atoms with E-state index >= 15 is 0 Å². The van der Waals surface area contributed by atoms with Crippen LogP contribution in [0.5, 0.6) is 0 Å². The van der Waals surface area contributed by atoms with Crippen molar-refractivity contribution in [3.05, 3.63) is 11.1 Å². The van der Waals surface area contributed by atoms with Crippen molar-refractivity contribution in [2.24, 2.45) is 0 Å². The third kappa shape index (κ3) is 0.872. The minimum absolute atomic E-state index is 0.569. The predicted molar refractivity (Wildman–Crippen MR) is 33.2 cm³/mol. The first-order chi connectivity index (χ1) is 3.84. The van der Waals surface area contributed by atoms with E-state index in [1.54, 1.807) is 11.0 Å². The molecular weight excluding hydrogens is 138 g/mol. The molecule has 1 rings (SSSR count). The fraction of sp³-hybridized carbons (Fsp3) is 0.333. The Kier molecular flexibility index (Phi) is 1.59. The molecule has 0 atom stereocenters. The van der Waals surface area contributed by atoms with Crippen LogP contribution in [0.2, 0.25) is 0 Å². The summed E-state index contributed by atoms with van der Waals surface area (Å²) in [5.74, 6) is 0. The summed E-state index contributed by atoms with van der Waals surface area (Å²) in [4.78, 5) is 3.78. The van der Waals surface area contributed by atoms with Gasteiger partial charge in [-0.25, -0.2) is 4.98 Å². The molecule has 1 aromatic heterocycles. The molecule has 5 heteroatoms. The van der Waals surface area contributed by atoms with Crippen molar-refractivity contribution in [3.8, 4) is 0 Å². The smallest absolute Gasteiger partial charge is 0.215 e. The van der Waals surface area contributed by atoms with Gasteiger partial charge < -0.3 is 0 Å². The summed E-state index contributed by atoms with van der Waals surface area (Å²) >= 11 is 4.77. The number of rotatable bonds is 1. The molecule has 0 aliphatic carbocycles. The highest BCUT2D eigenvalue weighted by atomic mass is 32.1. The maximum Gasteiger partial charge on any atom is 0.215 e. The van der Waals surface area contributed by atoms with Gasteiger partial charge in [0.1, 0.15) is 6.33 Å². The number of aromatic amines is 1. The van der Waals surface area contributed by atoms with Gasteiger partial charge in [-0.05, 0) is 12.2 Å². The van der Waals surface area contributed by atoms with Crippen LogP contribution in [0.4, 0.5) is 0 Å². The monoisotopic (exact) mass is 142 g/mol. The van der Waals surface area contributed by atoms with E-state index in [0.29, 0.717) is 10.9 Å². The van der Waals surface area contributed by atoms with Crippen LogP contribution < -0.4 is 0 Å². The summed E-state index contributed by atoms with van der Waals surface area (Å²) in [6, 6.07) is 0. The van der Waals surface area contributed by atoms with E-state index < -0.39 is 0 Å². The van der Waals surface area contributed by atoms with Gasteiger partial charge in [0.05, 0.1) is 10.2 Å². The van der Waals surface area contributed by atoms with E-state index in [4.69, 9.17) is 12.2 Å². The molecule has 0 unspecified atom stereocenters. The van der Waals surface area contributed by atoms with Gasteiger partial charge in [0, 0.05) is 6.17 Å². The van der Waals surface area contributed by atoms with Gasteiger partial charge in [-0.1, -0.05) is 0 Å². The SMILES string of the molecule is [Si]Cn1[nH]cnc1=S. The van der Waals surface area contributed by atoms with Crippen LogP contribution in [0, 0.1) is 4.77 Å². The lowest BCUT2D eigenvalue weighted by atomic mass is 11.2. The molecule has 1 aromatic rings. The Morgan fingerprint density at radius 3 is 3.00 bits per heavy atom. The highest BCUT2D eigenvalue weighted by Crippen LogP contribution is 1.80. The predicted octanol–water partition coefficient (Wildman–Crippen LogP) is 0.0667. The molecule has 0 aromatic carbocycles. The average Bonchev–Trinajstić information content (AvgIpc) is 2.14. The van der Waals surface area contributed by atoms with Gasteiger partial charge in [0.15, 0.2) is 0 Å². The zero-order chi connectivity index (χ0) is 5.98. The van der Waals surface area contributed by atoms with Crippen molar-refractivity contribution in [2.45, 2.75) is 6.17 Å². The standard InChI is InChI=1S/C3H4N3SSi/c7-3-4-1-5-6(3)2-8/h1H,2H2,(H,4,5,7). The van der Waals surface area contributed by atoms with E-state index in [-0.39, 0.29) is 0 Å². The van der Waals surface area contributed by atoms with Crippen LogP contribution >= 0.6 is 12.2 Å². The minimum Gasteiger partial charge on any atom is -0.286 e. The second-order valence-electron chi connectivity index (χ2n) is 1.26. The Labute approximate surface area is 55.2 Å². The zero-order valence-corrected chi connectivity index (χ0v) is 5.90. The molecule has 1 heterocycles. The molecule has 0 aliphatic heterocycles. The van der Waals surface area contributed by atoms with Crippen LogP contribution in [0.15, 0.2) is 6.33 Å². The molecule has 0 saturated carbocycles. The van der Waals surface area contributed by atoms with Crippen LogP contribution in [0.1, 0.15) is 0 Å². The lowest BCUT2D eigenvalue weighted by molar-refractivity contribution is 0.730. The molecule has 0 aliphatic rings. The molecule has 41 valence electrons. The number of nitrogens with zero attached hydrogens (tertiary/aromatic N) is 2. The third-order valence-electron chi connectivity index (χ3n) is 0.778. The Balaban J connectivity index is 3.11. The molecule has 0 bridgehead atoms. The van der Waals surface area contributed by atoms with E-state index in [1.807, 2.05) is 0 Å². The average molecular weight is 142 g/mol. The zero-order valence-electron chi connectivity index (χ0n) is 4.09. The summed E-state index contributed by atoms with van der Waals surface area (Å²) in [6.45, 7) is 0. The first-order valence-electron chi connectivity index (χ1n) is 2.09. The van der Waals surface area contributed by atoms with E-state index in [9.17, 15) is 0 Å². The minimum atomic E-state index is 0.569. The first-order valence-corrected chi connectivity index (χ1v) is 3.21. The second-order valence-corrected chi connectivity index (χ2v) is 1.94. The van der Waals surface area contributed by atoms with E-state index in [0.717, 1.165) is 0 Å². The van der Waals surface area contributed by atoms with Crippen LogP contribution in [0.25, 0.3) is 0 Å². The fourth-order valence-electron chi connectivity index (χ4n) is 0.392. The number of H-pyrrole nitrogens is 1. The maximum atomic E-state index is 4.77. The number of hydrogen-bond acceptors (Lipinski definition) is 2. The van der Waals surface area contributed by atoms with Crippen LogP contribution in [-0.4, -0.2) is 25.0 Å². The fourth-order valence-corrected chi connectivity index (χ4v) is 0.918. The number of aromatic nitrogens is 3. The lowest BCUT2D eigenvalue weighted by Gasteiger charge is -1.89. The molecule has 0 amide bonds. The van der Waals surface area contributed by atoms with E-state index in [2.05, 4.69) is 20.3 Å². The van der Waals surface area contributed by atoms with Crippen molar-refractivity contribution in [1.29, 1.82) is 0 Å². The largest absolute Gasteiger partial charge is 0.286 e. The van der Waals surface area contributed by atoms with Crippen molar-refractivity contribution in [2.75, 3.05) is 0 Å². The molecule has 0 saturated heterocycles. The summed E-state index contributed by atoms with van der Waals surface area (Å²) in [5.41, 5.74) is 0. The third-order valence-corrected chi connectivity index (χ3v) is 1.42. The second kappa shape index (κ2) is 2.23. The molecule has 8 heavy (non-hydrogen) atoms. The number of hydrogen-bond donors (Lipinski definition) is 1. The summed E-state index contributed by atoms with van der Waals surface area (Å²) < 4.78 is 2.27. The van der Waals surface area contributed by atoms with Gasteiger partial charge in [-0.3, -0.25) is 9.78 Å². The first kappa shape index (κ1) is 5.71. The molecular formula is C3H4N3SSi. The highest BCUT2D eigenvalue weighted by Gasteiger charge is 1.84. The van der Waals surface area contributed by atoms with Crippen molar-refractivity contribution in [3.63, 3.8) is 0 Å². The van der Waals surface area contributed by atoms with Crippen molar-refractivity contribution < 1.29 is 0 Å². The Morgan fingerprint density at radius 1 is 2.00 bits per heavy atom. The molecule has 3 nitrogen and oxygen atoms in total. The Morgan fingerprint density at radius 2 is 2.75 bits per heavy atom. The molecule has 0 fully saturated rings. The number of nitrogens with one attached hydrogen (secondary N) is 1. The van der Waals surface area contributed by atoms with Crippen molar-refractivity contribution in [1.82, 2.24) is 14.8 Å². The Bertz CT molecular complexity index is 214.